The lowest BCUT2D eigenvalue weighted by Gasteiger charge is -2.15. The minimum atomic E-state index is 0.413. The molecule has 27 heavy (non-hydrogen) atoms. The van der Waals surface area contributed by atoms with Crippen LogP contribution in [0.25, 0.3) is 0 Å². The standard InChI is InChI=1S/C21H24N4O2/c1-16(2)19-9-8-17(3)12-21(19)27-11-10-26-20-7-5-4-6-18(20)13-24-25-14-22-23-15-25/h4-9,12-16H,10-11H2,1-3H3. The summed E-state index contributed by atoms with van der Waals surface area (Å²) < 4.78 is 13.4. The van der Waals surface area contributed by atoms with Crippen LogP contribution in [-0.2, 0) is 0 Å². The van der Waals surface area contributed by atoms with Crippen LogP contribution in [0.15, 0.2) is 60.2 Å². The average Bonchev–Trinajstić information content (AvgIpc) is 3.18. The summed E-state index contributed by atoms with van der Waals surface area (Å²) in [5, 5.41) is 11.7. The first kappa shape index (κ1) is 18.6. The van der Waals surface area contributed by atoms with E-state index < -0.39 is 0 Å². The van der Waals surface area contributed by atoms with Crippen LogP contribution in [0.3, 0.4) is 0 Å². The van der Waals surface area contributed by atoms with Gasteiger partial charge in [-0.25, -0.2) is 4.68 Å². The number of aromatic nitrogens is 3. The number of benzene rings is 2. The lowest BCUT2D eigenvalue weighted by Crippen LogP contribution is -2.11. The summed E-state index contributed by atoms with van der Waals surface area (Å²) in [5.41, 5.74) is 3.28. The van der Waals surface area contributed by atoms with E-state index in [-0.39, 0.29) is 0 Å². The second-order valence-corrected chi connectivity index (χ2v) is 6.52. The first-order valence-corrected chi connectivity index (χ1v) is 8.97. The molecule has 0 aliphatic carbocycles. The Hall–Kier alpha value is -3.15. The highest BCUT2D eigenvalue weighted by atomic mass is 16.5. The summed E-state index contributed by atoms with van der Waals surface area (Å²) in [7, 11) is 0. The topological polar surface area (TPSA) is 61.5 Å². The Morgan fingerprint density at radius 1 is 1.00 bits per heavy atom. The zero-order valence-corrected chi connectivity index (χ0v) is 15.9. The lowest BCUT2D eigenvalue weighted by molar-refractivity contribution is 0.215. The van der Waals surface area contributed by atoms with Crippen LogP contribution in [0, 0.1) is 6.92 Å². The van der Waals surface area contributed by atoms with Gasteiger partial charge in [0.05, 0.1) is 6.21 Å². The molecular weight excluding hydrogens is 340 g/mol. The van der Waals surface area contributed by atoms with Crippen LogP contribution in [0.4, 0.5) is 0 Å². The molecule has 3 rings (SSSR count). The molecular formula is C21H24N4O2. The van der Waals surface area contributed by atoms with Gasteiger partial charge in [-0.15, -0.1) is 10.2 Å². The van der Waals surface area contributed by atoms with Crippen molar-refractivity contribution in [3.05, 3.63) is 71.8 Å². The van der Waals surface area contributed by atoms with Gasteiger partial charge in [0, 0.05) is 5.56 Å². The van der Waals surface area contributed by atoms with E-state index in [1.807, 2.05) is 24.3 Å². The van der Waals surface area contributed by atoms with E-state index in [1.54, 1.807) is 6.21 Å². The Morgan fingerprint density at radius 3 is 2.44 bits per heavy atom. The van der Waals surface area contributed by atoms with E-state index in [1.165, 1.54) is 28.5 Å². The van der Waals surface area contributed by atoms with E-state index in [0.717, 1.165) is 17.1 Å². The van der Waals surface area contributed by atoms with Crippen LogP contribution >= 0.6 is 0 Å². The van der Waals surface area contributed by atoms with Crippen LogP contribution in [0.1, 0.15) is 36.5 Å². The molecule has 0 saturated heterocycles. The first-order chi connectivity index (χ1) is 13.1. The predicted octanol–water partition coefficient (Wildman–Crippen LogP) is 4.05. The number of aryl methyl sites for hydroxylation is 1. The molecule has 0 radical (unpaired) electrons. The molecule has 3 aromatic rings. The molecule has 2 aromatic carbocycles. The van der Waals surface area contributed by atoms with Crippen molar-refractivity contribution >= 4 is 6.21 Å². The van der Waals surface area contributed by atoms with Crippen molar-refractivity contribution in [2.24, 2.45) is 5.10 Å². The molecule has 0 aliphatic heterocycles. The molecule has 0 atom stereocenters. The molecule has 0 amide bonds. The van der Waals surface area contributed by atoms with Gasteiger partial charge in [-0.2, -0.15) is 5.10 Å². The van der Waals surface area contributed by atoms with Crippen LogP contribution < -0.4 is 9.47 Å². The van der Waals surface area contributed by atoms with Crippen LogP contribution in [0.2, 0.25) is 0 Å². The Kier molecular flexibility index (Phi) is 6.20. The van der Waals surface area contributed by atoms with E-state index in [4.69, 9.17) is 9.47 Å². The monoisotopic (exact) mass is 364 g/mol. The Bertz CT molecular complexity index is 889. The molecule has 0 aliphatic rings. The lowest BCUT2D eigenvalue weighted by atomic mass is 10.0. The third kappa shape index (κ3) is 5.17. The van der Waals surface area contributed by atoms with E-state index >= 15 is 0 Å². The van der Waals surface area contributed by atoms with E-state index in [0.29, 0.717) is 19.1 Å². The van der Waals surface area contributed by atoms with Crippen molar-refractivity contribution in [1.82, 2.24) is 14.9 Å². The fraction of sp³-hybridized carbons (Fsp3) is 0.286. The van der Waals surface area contributed by atoms with Gasteiger partial charge in [-0.05, 0) is 42.2 Å². The minimum absolute atomic E-state index is 0.413. The Labute approximate surface area is 159 Å². The quantitative estimate of drug-likeness (QED) is 0.447. The molecule has 1 heterocycles. The summed E-state index contributed by atoms with van der Waals surface area (Å²) in [4.78, 5) is 0. The highest BCUT2D eigenvalue weighted by molar-refractivity contribution is 5.83. The molecule has 0 N–H and O–H groups in total. The zero-order valence-electron chi connectivity index (χ0n) is 15.9. The molecule has 6 heteroatoms. The summed E-state index contributed by atoms with van der Waals surface area (Å²) >= 11 is 0. The Balaban J connectivity index is 1.59. The zero-order chi connectivity index (χ0) is 19.1. The van der Waals surface area contributed by atoms with Crippen molar-refractivity contribution in [3.63, 3.8) is 0 Å². The normalized spacial score (nSPS) is 11.3. The number of hydrogen-bond acceptors (Lipinski definition) is 5. The maximum Gasteiger partial charge on any atom is 0.141 e. The second-order valence-electron chi connectivity index (χ2n) is 6.52. The molecule has 0 fully saturated rings. The van der Waals surface area contributed by atoms with Gasteiger partial charge in [0.15, 0.2) is 0 Å². The van der Waals surface area contributed by atoms with Gasteiger partial charge in [0.1, 0.15) is 37.4 Å². The van der Waals surface area contributed by atoms with Crippen LogP contribution in [0.5, 0.6) is 11.5 Å². The smallest absolute Gasteiger partial charge is 0.141 e. The van der Waals surface area contributed by atoms with Crippen molar-refractivity contribution in [2.45, 2.75) is 26.7 Å². The SMILES string of the molecule is Cc1ccc(C(C)C)c(OCCOc2ccccc2C=Nn2cnnc2)c1. The van der Waals surface area contributed by atoms with E-state index in [9.17, 15) is 0 Å². The maximum atomic E-state index is 5.98. The first-order valence-electron chi connectivity index (χ1n) is 8.97. The minimum Gasteiger partial charge on any atom is -0.490 e. The summed E-state index contributed by atoms with van der Waals surface area (Å²) in [5.74, 6) is 2.10. The third-order valence-electron chi connectivity index (χ3n) is 4.05. The Morgan fingerprint density at radius 2 is 1.70 bits per heavy atom. The number of para-hydroxylation sites is 1. The number of hydrogen-bond donors (Lipinski definition) is 0. The van der Waals surface area contributed by atoms with Gasteiger partial charge in [-0.3, -0.25) is 0 Å². The molecule has 6 nitrogen and oxygen atoms in total. The molecule has 1 aromatic heterocycles. The van der Waals surface area contributed by atoms with Gasteiger partial charge < -0.3 is 9.47 Å². The van der Waals surface area contributed by atoms with Gasteiger partial charge in [0.2, 0.25) is 0 Å². The van der Waals surface area contributed by atoms with Crippen molar-refractivity contribution in [3.8, 4) is 11.5 Å². The average molecular weight is 364 g/mol. The predicted molar refractivity (Wildman–Crippen MR) is 106 cm³/mol. The molecule has 0 saturated carbocycles. The number of rotatable bonds is 8. The highest BCUT2D eigenvalue weighted by Crippen LogP contribution is 2.27. The second kappa shape index (κ2) is 8.98. The molecule has 0 bridgehead atoms. The molecule has 140 valence electrons. The fourth-order valence-corrected chi connectivity index (χ4v) is 2.65. The van der Waals surface area contributed by atoms with Crippen molar-refractivity contribution in [2.75, 3.05) is 13.2 Å². The van der Waals surface area contributed by atoms with E-state index in [2.05, 4.69) is 54.3 Å². The third-order valence-corrected chi connectivity index (χ3v) is 4.05. The summed E-state index contributed by atoms with van der Waals surface area (Å²) in [6, 6.07) is 14.1. The summed E-state index contributed by atoms with van der Waals surface area (Å²) in [6.45, 7) is 7.32. The van der Waals surface area contributed by atoms with Gasteiger partial charge >= 0.3 is 0 Å². The largest absolute Gasteiger partial charge is 0.490 e. The van der Waals surface area contributed by atoms with Gasteiger partial charge in [0.25, 0.3) is 0 Å². The fourth-order valence-electron chi connectivity index (χ4n) is 2.65. The molecule has 0 spiro atoms. The molecule has 0 unspecified atom stereocenters. The van der Waals surface area contributed by atoms with Crippen molar-refractivity contribution < 1.29 is 9.47 Å². The highest BCUT2D eigenvalue weighted by Gasteiger charge is 2.08. The number of ether oxygens (including phenoxy) is 2. The van der Waals surface area contributed by atoms with Gasteiger partial charge in [-0.1, -0.05) is 38.1 Å². The van der Waals surface area contributed by atoms with Crippen molar-refractivity contribution in [1.29, 1.82) is 0 Å². The number of nitrogens with zero attached hydrogens (tertiary/aromatic N) is 4. The maximum absolute atomic E-state index is 5.98. The van der Waals surface area contributed by atoms with Crippen LogP contribution in [-0.4, -0.2) is 34.3 Å². The summed E-state index contributed by atoms with van der Waals surface area (Å²) in [6.07, 6.45) is 4.78.